The van der Waals surface area contributed by atoms with Gasteiger partial charge in [0.1, 0.15) is 0 Å². The molecule has 0 bridgehead atoms. The average molecular weight is 283 g/mol. The Morgan fingerprint density at radius 3 is 2.57 bits per heavy atom. The fourth-order valence-electron chi connectivity index (χ4n) is 2.41. The predicted molar refractivity (Wildman–Crippen MR) is 87.2 cm³/mol. The van der Waals surface area contributed by atoms with Gasteiger partial charge in [-0.1, -0.05) is 37.3 Å². The lowest BCUT2D eigenvalue weighted by molar-refractivity contribution is 0.473. The summed E-state index contributed by atoms with van der Waals surface area (Å²) in [6.45, 7) is 5.18. The lowest BCUT2D eigenvalue weighted by Crippen LogP contribution is -2.23. The van der Waals surface area contributed by atoms with Gasteiger partial charge in [0.25, 0.3) is 0 Å². The van der Waals surface area contributed by atoms with E-state index in [4.69, 9.17) is 0 Å². The Hall–Kier alpha value is -1.74. The molecule has 0 spiro atoms. The standard InChI is InChI=1S/C18H25N3/c1-3-12-19-17(18-14-20-15(2)13-21-18)11-7-10-16-8-5-4-6-9-16/h4-6,8-9,13-14,17,19H,3,7,10-12H2,1-2H3. The summed E-state index contributed by atoms with van der Waals surface area (Å²) < 4.78 is 0. The molecule has 0 saturated heterocycles. The number of nitrogens with zero attached hydrogens (tertiary/aromatic N) is 2. The van der Waals surface area contributed by atoms with E-state index in [0.717, 1.165) is 43.6 Å². The van der Waals surface area contributed by atoms with E-state index in [1.807, 2.05) is 19.3 Å². The summed E-state index contributed by atoms with van der Waals surface area (Å²) >= 11 is 0. The second kappa shape index (κ2) is 8.53. The fourth-order valence-corrected chi connectivity index (χ4v) is 2.41. The Labute approximate surface area is 127 Å². The number of benzene rings is 1. The van der Waals surface area contributed by atoms with Crippen molar-refractivity contribution < 1.29 is 0 Å². The lowest BCUT2D eigenvalue weighted by atomic mass is 10.0. The zero-order chi connectivity index (χ0) is 14.9. The first-order chi connectivity index (χ1) is 10.3. The first-order valence-electron chi connectivity index (χ1n) is 7.85. The number of nitrogens with one attached hydrogen (secondary N) is 1. The lowest BCUT2D eigenvalue weighted by Gasteiger charge is -2.17. The Kier molecular flexibility index (Phi) is 6.35. The predicted octanol–water partition coefficient (Wildman–Crippen LogP) is 3.85. The Bertz CT molecular complexity index is 508. The molecule has 0 fully saturated rings. The van der Waals surface area contributed by atoms with E-state index in [2.05, 4.69) is 52.5 Å². The Balaban J connectivity index is 1.91. The third-order valence-electron chi connectivity index (χ3n) is 3.60. The third-order valence-corrected chi connectivity index (χ3v) is 3.60. The SMILES string of the molecule is CCCNC(CCCc1ccccc1)c1cnc(C)cn1. The maximum Gasteiger partial charge on any atom is 0.0756 e. The van der Waals surface area contributed by atoms with Crippen LogP contribution in [0.5, 0.6) is 0 Å². The van der Waals surface area contributed by atoms with Crippen molar-refractivity contribution in [3.8, 4) is 0 Å². The van der Waals surface area contributed by atoms with Crippen LogP contribution in [0.1, 0.15) is 49.2 Å². The van der Waals surface area contributed by atoms with Gasteiger partial charge in [-0.3, -0.25) is 9.97 Å². The van der Waals surface area contributed by atoms with Crippen molar-refractivity contribution in [2.24, 2.45) is 0 Å². The third kappa shape index (κ3) is 5.27. The summed E-state index contributed by atoms with van der Waals surface area (Å²) in [4.78, 5) is 8.90. The van der Waals surface area contributed by atoms with E-state index in [-0.39, 0.29) is 0 Å². The summed E-state index contributed by atoms with van der Waals surface area (Å²) in [6, 6.07) is 11.0. The van der Waals surface area contributed by atoms with Crippen molar-refractivity contribution in [2.75, 3.05) is 6.54 Å². The molecule has 2 aromatic rings. The van der Waals surface area contributed by atoms with E-state index in [1.165, 1.54) is 5.56 Å². The molecule has 0 amide bonds. The number of hydrogen-bond donors (Lipinski definition) is 1. The largest absolute Gasteiger partial charge is 0.309 e. The fraction of sp³-hybridized carbons (Fsp3) is 0.444. The van der Waals surface area contributed by atoms with Crippen LogP contribution in [0.25, 0.3) is 0 Å². The normalized spacial score (nSPS) is 12.3. The maximum atomic E-state index is 4.53. The van der Waals surface area contributed by atoms with Crippen molar-refractivity contribution >= 4 is 0 Å². The molecule has 1 aromatic carbocycles. The average Bonchev–Trinajstić information content (AvgIpc) is 2.53. The summed E-state index contributed by atoms with van der Waals surface area (Å²) in [6.07, 6.45) is 8.25. The molecular formula is C18H25N3. The smallest absolute Gasteiger partial charge is 0.0756 e. The van der Waals surface area contributed by atoms with Crippen LogP contribution in [0.15, 0.2) is 42.7 Å². The highest BCUT2D eigenvalue weighted by Gasteiger charge is 2.12. The van der Waals surface area contributed by atoms with Crippen LogP contribution in [0.4, 0.5) is 0 Å². The number of rotatable bonds is 8. The highest BCUT2D eigenvalue weighted by Crippen LogP contribution is 2.17. The summed E-state index contributed by atoms with van der Waals surface area (Å²) in [5.74, 6) is 0. The van der Waals surface area contributed by atoms with Gasteiger partial charge in [0, 0.05) is 6.20 Å². The molecule has 0 aliphatic carbocycles. The molecule has 2 rings (SSSR count). The van der Waals surface area contributed by atoms with Crippen molar-refractivity contribution in [3.63, 3.8) is 0 Å². The van der Waals surface area contributed by atoms with Gasteiger partial charge < -0.3 is 5.32 Å². The first-order valence-corrected chi connectivity index (χ1v) is 7.85. The highest BCUT2D eigenvalue weighted by molar-refractivity contribution is 5.14. The van der Waals surface area contributed by atoms with Crippen LogP contribution in [-0.4, -0.2) is 16.5 Å². The van der Waals surface area contributed by atoms with Crippen molar-refractivity contribution in [3.05, 3.63) is 59.7 Å². The number of aryl methyl sites for hydroxylation is 2. The zero-order valence-electron chi connectivity index (χ0n) is 13.0. The maximum absolute atomic E-state index is 4.53. The summed E-state index contributed by atoms with van der Waals surface area (Å²) in [7, 11) is 0. The first kappa shape index (κ1) is 15.6. The van der Waals surface area contributed by atoms with Crippen LogP contribution in [0.2, 0.25) is 0 Å². The van der Waals surface area contributed by atoms with Gasteiger partial charge in [0.2, 0.25) is 0 Å². The Morgan fingerprint density at radius 1 is 1.10 bits per heavy atom. The number of aromatic nitrogens is 2. The van der Waals surface area contributed by atoms with Crippen LogP contribution in [0.3, 0.4) is 0 Å². The van der Waals surface area contributed by atoms with Gasteiger partial charge in [0.15, 0.2) is 0 Å². The molecule has 3 heteroatoms. The van der Waals surface area contributed by atoms with E-state index in [1.54, 1.807) is 0 Å². The highest BCUT2D eigenvalue weighted by atomic mass is 14.9. The van der Waals surface area contributed by atoms with E-state index < -0.39 is 0 Å². The molecule has 1 N–H and O–H groups in total. The van der Waals surface area contributed by atoms with Crippen molar-refractivity contribution in [1.82, 2.24) is 15.3 Å². The van der Waals surface area contributed by atoms with Gasteiger partial charge in [-0.05, 0) is 44.7 Å². The van der Waals surface area contributed by atoms with Gasteiger partial charge in [0.05, 0.1) is 23.6 Å². The molecule has 1 heterocycles. The molecule has 21 heavy (non-hydrogen) atoms. The van der Waals surface area contributed by atoms with Crippen LogP contribution in [0, 0.1) is 6.92 Å². The van der Waals surface area contributed by atoms with E-state index >= 15 is 0 Å². The monoisotopic (exact) mass is 283 g/mol. The molecule has 1 atom stereocenters. The van der Waals surface area contributed by atoms with E-state index in [0.29, 0.717) is 6.04 Å². The molecule has 1 unspecified atom stereocenters. The Morgan fingerprint density at radius 2 is 1.90 bits per heavy atom. The number of hydrogen-bond acceptors (Lipinski definition) is 3. The van der Waals surface area contributed by atoms with Gasteiger partial charge in [-0.25, -0.2) is 0 Å². The van der Waals surface area contributed by atoms with Crippen molar-refractivity contribution in [2.45, 2.75) is 45.6 Å². The minimum absolute atomic E-state index is 0.307. The molecular weight excluding hydrogens is 258 g/mol. The van der Waals surface area contributed by atoms with Gasteiger partial charge in [-0.15, -0.1) is 0 Å². The zero-order valence-corrected chi connectivity index (χ0v) is 13.0. The molecule has 0 aliphatic heterocycles. The van der Waals surface area contributed by atoms with Gasteiger partial charge >= 0.3 is 0 Å². The minimum atomic E-state index is 0.307. The van der Waals surface area contributed by atoms with Crippen LogP contribution >= 0.6 is 0 Å². The quantitative estimate of drug-likeness (QED) is 0.799. The minimum Gasteiger partial charge on any atom is -0.309 e. The molecule has 3 nitrogen and oxygen atoms in total. The molecule has 0 saturated carbocycles. The molecule has 0 radical (unpaired) electrons. The van der Waals surface area contributed by atoms with Gasteiger partial charge in [-0.2, -0.15) is 0 Å². The van der Waals surface area contributed by atoms with E-state index in [9.17, 15) is 0 Å². The topological polar surface area (TPSA) is 37.8 Å². The second-order valence-electron chi connectivity index (χ2n) is 5.47. The summed E-state index contributed by atoms with van der Waals surface area (Å²) in [5.41, 5.74) is 3.43. The second-order valence-corrected chi connectivity index (χ2v) is 5.47. The molecule has 0 aliphatic rings. The van der Waals surface area contributed by atoms with Crippen LogP contribution < -0.4 is 5.32 Å². The van der Waals surface area contributed by atoms with Crippen LogP contribution in [-0.2, 0) is 6.42 Å². The molecule has 1 aromatic heterocycles. The summed E-state index contributed by atoms with van der Waals surface area (Å²) in [5, 5.41) is 3.59. The van der Waals surface area contributed by atoms with Crippen molar-refractivity contribution in [1.29, 1.82) is 0 Å². The molecule has 112 valence electrons.